The number of para-hydroxylation sites is 1. The highest BCUT2D eigenvalue weighted by Crippen LogP contribution is 2.25. The number of hydrogen-bond donors (Lipinski definition) is 2. The van der Waals surface area contributed by atoms with Crippen molar-refractivity contribution in [2.75, 3.05) is 0 Å². The molecule has 0 aliphatic heterocycles. The summed E-state index contributed by atoms with van der Waals surface area (Å²) in [5.41, 5.74) is 9.18. The number of rotatable bonds is 3. The van der Waals surface area contributed by atoms with Crippen molar-refractivity contribution in [3.05, 3.63) is 60.4 Å². The van der Waals surface area contributed by atoms with Gasteiger partial charge in [-0.05, 0) is 49.9 Å². The Morgan fingerprint density at radius 3 is 2.39 bits per heavy atom. The largest absolute Gasteiger partial charge is 0.349 e. The van der Waals surface area contributed by atoms with Crippen molar-refractivity contribution in [3.63, 3.8) is 0 Å². The summed E-state index contributed by atoms with van der Waals surface area (Å²) >= 11 is 0. The standard InChI is InChI=1S/C21H22N4O.2ClH/c22-15-5-7-16(8-6-15)24-21(26)18-13-20(14-9-11-23-12-10-14)25-19-4-2-1-3-17(18)19;;/h1-4,9-13,15-16H,5-8,22H2,(H,24,26);2*1H. The molecule has 0 unspecified atom stereocenters. The lowest BCUT2D eigenvalue weighted by Gasteiger charge is -2.27. The van der Waals surface area contributed by atoms with Crippen molar-refractivity contribution in [3.8, 4) is 11.3 Å². The minimum Gasteiger partial charge on any atom is -0.349 e. The fraction of sp³-hybridized carbons (Fsp3) is 0.286. The molecular formula is C21H24Cl2N4O. The van der Waals surface area contributed by atoms with Crippen LogP contribution in [0.3, 0.4) is 0 Å². The molecule has 1 aliphatic rings. The van der Waals surface area contributed by atoms with Gasteiger partial charge in [0.25, 0.3) is 5.91 Å². The Hall–Kier alpha value is -2.21. The third kappa shape index (κ3) is 4.79. The summed E-state index contributed by atoms with van der Waals surface area (Å²) in [7, 11) is 0. The number of nitrogens with one attached hydrogen (secondary N) is 1. The van der Waals surface area contributed by atoms with Crippen molar-refractivity contribution in [2.24, 2.45) is 5.73 Å². The van der Waals surface area contributed by atoms with Crippen molar-refractivity contribution in [2.45, 2.75) is 37.8 Å². The Balaban J connectivity index is 0.00000140. The van der Waals surface area contributed by atoms with E-state index in [1.165, 1.54) is 0 Å². The molecule has 0 radical (unpaired) electrons. The second kappa shape index (κ2) is 9.82. The maximum atomic E-state index is 13.0. The summed E-state index contributed by atoms with van der Waals surface area (Å²) in [6, 6.07) is 13.9. The first-order chi connectivity index (χ1) is 12.7. The molecule has 148 valence electrons. The first-order valence-corrected chi connectivity index (χ1v) is 9.07. The van der Waals surface area contributed by atoms with Crippen LogP contribution in [0.25, 0.3) is 22.2 Å². The molecule has 0 saturated heterocycles. The Kier molecular flexibility index (Phi) is 7.75. The first kappa shape index (κ1) is 22.1. The molecule has 5 nitrogen and oxygen atoms in total. The highest BCUT2D eigenvalue weighted by Gasteiger charge is 2.22. The number of fused-ring (bicyclic) bond motifs is 1. The molecule has 0 atom stereocenters. The summed E-state index contributed by atoms with van der Waals surface area (Å²) in [6.07, 6.45) is 7.27. The highest BCUT2D eigenvalue weighted by atomic mass is 35.5. The third-order valence-electron chi connectivity index (χ3n) is 5.04. The molecule has 28 heavy (non-hydrogen) atoms. The lowest BCUT2D eigenvalue weighted by atomic mass is 9.91. The minimum absolute atomic E-state index is 0. The van der Waals surface area contributed by atoms with Gasteiger partial charge >= 0.3 is 0 Å². The number of nitrogens with zero attached hydrogens (tertiary/aromatic N) is 2. The van der Waals surface area contributed by atoms with Crippen LogP contribution >= 0.6 is 24.8 Å². The molecule has 3 N–H and O–H groups in total. The van der Waals surface area contributed by atoms with Crippen LogP contribution in [0.2, 0.25) is 0 Å². The lowest BCUT2D eigenvalue weighted by molar-refractivity contribution is 0.0927. The van der Waals surface area contributed by atoms with Crippen molar-refractivity contribution in [1.29, 1.82) is 0 Å². The number of carbonyl (C=O) groups is 1. The van der Waals surface area contributed by atoms with E-state index >= 15 is 0 Å². The van der Waals surface area contributed by atoms with Crippen LogP contribution in [0.4, 0.5) is 0 Å². The maximum Gasteiger partial charge on any atom is 0.252 e. The first-order valence-electron chi connectivity index (χ1n) is 9.07. The predicted octanol–water partition coefficient (Wildman–Crippen LogP) is 4.14. The van der Waals surface area contributed by atoms with E-state index in [2.05, 4.69) is 10.3 Å². The monoisotopic (exact) mass is 418 g/mol. The normalized spacial score (nSPS) is 18.6. The van der Waals surface area contributed by atoms with E-state index in [-0.39, 0.29) is 42.8 Å². The van der Waals surface area contributed by atoms with Crippen LogP contribution in [-0.4, -0.2) is 28.0 Å². The van der Waals surface area contributed by atoms with Gasteiger partial charge in [-0.3, -0.25) is 9.78 Å². The van der Waals surface area contributed by atoms with Gasteiger partial charge in [-0.25, -0.2) is 4.98 Å². The number of hydrogen-bond acceptors (Lipinski definition) is 4. The number of nitrogens with two attached hydrogens (primary N) is 1. The van der Waals surface area contributed by atoms with Gasteiger partial charge in [-0.2, -0.15) is 0 Å². The van der Waals surface area contributed by atoms with Gasteiger partial charge in [0.15, 0.2) is 0 Å². The number of aromatic nitrogens is 2. The van der Waals surface area contributed by atoms with Gasteiger partial charge in [0.2, 0.25) is 0 Å². The average Bonchev–Trinajstić information content (AvgIpc) is 2.69. The van der Waals surface area contributed by atoms with Gasteiger partial charge in [0.05, 0.1) is 16.8 Å². The molecule has 0 bridgehead atoms. The summed E-state index contributed by atoms with van der Waals surface area (Å²) < 4.78 is 0. The van der Waals surface area contributed by atoms with Gasteiger partial charge in [-0.1, -0.05) is 18.2 Å². The van der Waals surface area contributed by atoms with Crippen LogP contribution in [-0.2, 0) is 0 Å². The third-order valence-corrected chi connectivity index (χ3v) is 5.04. The lowest BCUT2D eigenvalue weighted by Crippen LogP contribution is -2.40. The Labute approximate surface area is 177 Å². The summed E-state index contributed by atoms with van der Waals surface area (Å²) in [6.45, 7) is 0. The molecule has 2 heterocycles. The van der Waals surface area contributed by atoms with E-state index in [0.29, 0.717) is 5.56 Å². The number of carbonyl (C=O) groups excluding carboxylic acids is 1. The minimum atomic E-state index is -0.0422. The fourth-order valence-corrected chi connectivity index (χ4v) is 3.56. The average molecular weight is 419 g/mol. The van der Waals surface area contributed by atoms with Gasteiger partial charge in [0.1, 0.15) is 0 Å². The SMILES string of the molecule is Cl.Cl.NC1CCC(NC(=O)c2cc(-c3ccncc3)nc3ccccc23)CC1. The predicted molar refractivity (Wildman–Crippen MR) is 117 cm³/mol. The number of pyridine rings is 2. The molecule has 1 saturated carbocycles. The topological polar surface area (TPSA) is 80.9 Å². The highest BCUT2D eigenvalue weighted by molar-refractivity contribution is 6.07. The zero-order valence-electron chi connectivity index (χ0n) is 15.4. The second-order valence-electron chi connectivity index (χ2n) is 6.89. The molecule has 7 heteroatoms. The fourth-order valence-electron chi connectivity index (χ4n) is 3.56. The number of halogens is 2. The summed E-state index contributed by atoms with van der Waals surface area (Å²) in [4.78, 5) is 21.8. The summed E-state index contributed by atoms with van der Waals surface area (Å²) in [5, 5.41) is 4.06. The van der Waals surface area contributed by atoms with E-state index in [1.54, 1.807) is 12.4 Å². The van der Waals surface area contributed by atoms with E-state index in [9.17, 15) is 4.79 Å². The quantitative estimate of drug-likeness (QED) is 0.669. The zero-order chi connectivity index (χ0) is 17.9. The van der Waals surface area contributed by atoms with Crippen molar-refractivity contribution < 1.29 is 4.79 Å². The molecular weight excluding hydrogens is 395 g/mol. The van der Waals surface area contributed by atoms with Gasteiger partial charge in [0, 0.05) is 35.4 Å². The number of benzene rings is 1. The Bertz CT molecular complexity index is 928. The second-order valence-corrected chi connectivity index (χ2v) is 6.89. The van der Waals surface area contributed by atoms with Gasteiger partial charge < -0.3 is 11.1 Å². The van der Waals surface area contributed by atoms with E-state index in [4.69, 9.17) is 10.7 Å². The van der Waals surface area contributed by atoms with E-state index in [0.717, 1.165) is 47.8 Å². The van der Waals surface area contributed by atoms with Crippen LogP contribution < -0.4 is 11.1 Å². The molecule has 2 aromatic heterocycles. The molecule has 4 rings (SSSR count). The molecule has 1 fully saturated rings. The maximum absolute atomic E-state index is 13.0. The van der Waals surface area contributed by atoms with Crippen molar-refractivity contribution >= 4 is 41.6 Å². The Morgan fingerprint density at radius 1 is 1.00 bits per heavy atom. The molecule has 0 spiro atoms. The molecule has 1 amide bonds. The number of amides is 1. The zero-order valence-corrected chi connectivity index (χ0v) is 17.0. The van der Waals surface area contributed by atoms with Gasteiger partial charge in [-0.15, -0.1) is 24.8 Å². The Morgan fingerprint density at radius 2 is 1.68 bits per heavy atom. The van der Waals surface area contributed by atoms with Crippen molar-refractivity contribution in [1.82, 2.24) is 15.3 Å². The summed E-state index contributed by atoms with van der Waals surface area (Å²) in [5.74, 6) is -0.0422. The molecule has 3 aromatic rings. The van der Waals surface area contributed by atoms with Crippen LogP contribution in [0.15, 0.2) is 54.9 Å². The van der Waals surface area contributed by atoms with E-state index < -0.39 is 0 Å². The van der Waals surface area contributed by atoms with Crippen LogP contribution in [0, 0.1) is 0 Å². The smallest absolute Gasteiger partial charge is 0.252 e. The van der Waals surface area contributed by atoms with E-state index in [1.807, 2.05) is 42.5 Å². The molecule has 1 aliphatic carbocycles. The molecule has 1 aromatic carbocycles. The van der Waals surface area contributed by atoms with Crippen LogP contribution in [0.1, 0.15) is 36.0 Å². The van der Waals surface area contributed by atoms with Crippen LogP contribution in [0.5, 0.6) is 0 Å².